The van der Waals surface area contributed by atoms with Crippen molar-refractivity contribution in [2.24, 2.45) is 0 Å². The van der Waals surface area contributed by atoms with Crippen LogP contribution < -0.4 is 10.9 Å². The number of hydrogen-bond acceptors (Lipinski definition) is 3. The number of H-pyrrole nitrogens is 1. The number of likely N-dealkylation sites (tertiary alicyclic amines) is 1. The molecular weight excluding hydrogens is 278 g/mol. The third-order valence-electron chi connectivity index (χ3n) is 4.89. The topological polar surface area (TPSA) is 65.2 Å². The molecule has 1 aliphatic carbocycles. The second-order valence-electron chi connectivity index (χ2n) is 6.53. The molecule has 120 valence electrons. The number of carbonyl (C=O) groups excluding carboxylic acids is 1. The number of rotatable bonds is 3. The van der Waals surface area contributed by atoms with E-state index in [4.69, 9.17) is 0 Å². The molecule has 2 N–H and O–H groups in total. The standard InChI is InChI=1S/C17H25N3O2/c21-16-10-4-9-15(19-16)17(22)18-13-6-5-11-20(12-13)14-7-2-1-3-8-14/h4,9-10,13-14H,1-3,5-8,11-12H2,(H,18,22)(H,19,21)/t13-/m1/s1. The molecule has 5 heteroatoms. The van der Waals surface area contributed by atoms with E-state index in [0.717, 1.165) is 25.9 Å². The highest BCUT2D eigenvalue weighted by Gasteiger charge is 2.27. The fraction of sp³-hybridized carbons (Fsp3) is 0.647. The number of hydrogen-bond donors (Lipinski definition) is 2. The number of pyridine rings is 1. The maximum Gasteiger partial charge on any atom is 0.268 e. The lowest BCUT2D eigenvalue weighted by atomic mass is 9.92. The molecule has 0 unspecified atom stereocenters. The summed E-state index contributed by atoms with van der Waals surface area (Å²) in [5, 5.41) is 3.08. The molecule has 1 saturated carbocycles. The summed E-state index contributed by atoms with van der Waals surface area (Å²) in [6, 6.07) is 5.57. The van der Waals surface area contributed by atoms with Gasteiger partial charge in [0, 0.05) is 24.7 Å². The second-order valence-corrected chi connectivity index (χ2v) is 6.53. The summed E-state index contributed by atoms with van der Waals surface area (Å²) in [5.74, 6) is -0.173. The van der Waals surface area contributed by atoms with E-state index in [1.807, 2.05) is 0 Å². The molecule has 0 radical (unpaired) electrons. The average molecular weight is 303 g/mol. The smallest absolute Gasteiger partial charge is 0.268 e. The van der Waals surface area contributed by atoms with Gasteiger partial charge in [0.25, 0.3) is 5.91 Å². The van der Waals surface area contributed by atoms with E-state index >= 15 is 0 Å². The van der Waals surface area contributed by atoms with Crippen molar-refractivity contribution < 1.29 is 4.79 Å². The molecule has 1 atom stereocenters. The summed E-state index contributed by atoms with van der Waals surface area (Å²) in [6.45, 7) is 2.09. The number of carbonyl (C=O) groups is 1. The van der Waals surface area contributed by atoms with Crippen molar-refractivity contribution in [3.05, 3.63) is 34.2 Å². The highest BCUT2D eigenvalue weighted by atomic mass is 16.2. The minimum Gasteiger partial charge on any atom is -0.347 e. The van der Waals surface area contributed by atoms with E-state index in [1.165, 1.54) is 38.2 Å². The average Bonchev–Trinajstić information content (AvgIpc) is 2.56. The van der Waals surface area contributed by atoms with E-state index in [0.29, 0.717) is 11.7 Å². The van der Waals surface area contributed by atoms with Gasteiger partial charge in [-0.1, -0.05) is 25.3 Å². The van der Waals surface area contributed by atoms with Gasteiger partial charge in [0.15, 0.2) is 0 Å². The van der Waals surface area contributed by atoms with Gasteiger partial charge >= 0.3 is 0 Å². The van der Waals surface area contributed by atoms with E-state index in [1.54, 1.807) is 12.1 Å². The van der Waals surface area contributed by atoms with Gasteiger partial charge in [-0.3, -0.25) is 14.5 Å². The third-order valence-corrected chi connectivity index (χ3v) is 4.89. The Morgan fingerprint density at radius 3 is 2.73 bits per heavy atom. The molecule has 2 aliphatic rings. The monoisotopic (exact) mass is 303 g/mol. The number of nitrogens with one attached hydrogen (secondary N) is 2. The predicted octanol–water partition coefficient (Wildman–Crippen LogP) is 1.90. The van der Waals surface area contributed by atoms with Crippen LogP contribution in [0.1, 0.15) is 55.4 Å². The maximum atomic E-state index is 12.2. The van der Waals surface area contributed by atoms with Crippen molar-refractivity contribution in [1.29, 1.82) is 0 Å². The molecule has 1 amide bonds. The van der Waals surface area contributed by atoms with Gasteiger partial charge in [0.05, 0.1) is 0 Å². The molecule has 2 fully saturated rings. The quantitative estimate of drug-likeness (QED) is 0.896. The van der Waals surface area contributed by atoms with Crippen LogP contribution >= 0.6 is 0 Å². The van der Waals surface area contributed by atoms with Crippen LogP contribution in [0.25, 0.3) is 0 Å². The van der Waals surface area contributed by atoms with Gasteiger partial charge < -0.3 is 10.3 Å². The molecule has 2 heterocycles. The second kappa shape index (κ2) is 7.09. The first-order valence-electron chi connectivity index (χ1n) is 8.46. The van der Waals surface area contributed by atoms with Crippen LogP contribution in [0.2, 0.25) is 0 Å². The van der Waals surface area contributed by atoms with Crippen molar-refractivity contribution >= 4 is 5.91 Å². The fourth-order valence-electron chi connectivity index (χ4n) is 3.75. The molecule has 22 heavy (non-hydrogen) atoms. The molecule has 0 bridgehead atoms. The summed E-state index contributed by atoms with van der Waals surface area (Å²) < 4.78 is 0. The molecule has 0 spiro atoms. The maximum absolute atomic E-state index is 12.2. The Hall–Kier alpha value is -1.62. The Bertz CT molecular complexity index is 563. The van der Waals surface area contributed by atoms with Crippen molar-refractivity contribution in [3.8, 4) is 0 Å². The summed E-state index contributed by atoms with van der Waals surface area (Å²) in [7, 11) is 0. The molecule has 1 aliphatic heterocycles. The molecule has 1 saturated heterocycles. The molecule has 1 aromatic heterocycles. The van der Waals surface area contributed by atoms with Crippen LogP contribution in [0.15, 0.2) is 23.0 Å². The first-order valence-corrected chi connectivity index (χ1v) is 8.46. The van der Waals surface area contributed by atoms with Gasteiger partial charge in [0.2, 0.25) is 5.56 Å². The number of piperidine rings is 1. The highest BCUT2D eigenvalue weighted by molar-refractivity contribution is 5.92. The van der Waals surface area contributed by atoms with Crippen LogP contribution in [0.3, 0.4) is 0 Å². The van der Waals surface area contributed by atoms with Crippen molar-refractivity contribution in [1.82, 2.24) is 15.2 Å². The van der Waals surface area contributed by atoms with Crippen molar-refractivity contribution in [2.75, 3.05) is 13.1 Å². The fourth-order valence-corrected chi connectivity index (χ4v) is 3.75. The van der Waals surface area contributed by atoms with Crippen LogP contribution in [0.5, 0.6) is 0 Å². The minimum atomic E-state index is -0.236. The predicted molar refractivity (Wildman–Crippen MR) is 86.0 cm³/mol. The Morgan fingerprint density at radius 1 is 1.14 bits per heavy atom. The van der Waals surface area contributed by atoms with Gasteiger partial charge in [-0.05, 0) is 38.3 Å². The summed E-state index contributed by atoms with van der Waals surface area (Å²) in [4.78, 5) is 28.7. The lowest BCUT2D eigenvalue weighted by Crippen LogP contribution is -2.51. The molecular formula is C17H25N3O2. The summed E-state index contributed by atoms with van der Waals surface area (Å²) in [5.41, 5.74) is 0.113. The summed E-state index contributed by atoms with van der Waals surface area (Å²) in [6.07, 6.45) is 8.79. The molecule has 5 nitrogen and oxygen atoms in total. The van der Waals surface area contributed by atoms with Gasteiger partial charge in [-0.25, -0.2) is 0 Å². The minimum absolute atomic E-state index is 0.173. The van der Waals surface area contributed by atoms with Crippen molar-refractivity contribution in [2.45, 2.75) is 57.0 Å². The first kappa shape index (κ1) is 15.3. The van der Waals surface area contributed by atoms with Crippen LogP contribution in [-0.2, 0) is 0 Å². The Balaban J connectivity index is 1.57. The number of aromatic nitrogens is 1. The zero-order valence-corrected chi connectivity index (χ0v) is 13.0. The van der Waals surface area contributed by atoms with Gasteiger partial charge in [-0.15, -0.1) is 0 Å². The molecule has 1 aromatic rings. The summed E-state index contributed by atoms with van der Waals surface area (Å²) >= 11 is 0. The van der Waals surface area contributed by atoms with Gasteiger partial charge in [-0.2, -0.15) is 0 Å². The van der Waals surface area contributed by atoms with E-state index in [-0.39, 0.29) is 17.5 Å². The SMILES string of the molecule is O=C(N[C@@H]1CCCN(C2CCCCC2)C1)c1cccc(=O)[nH]1. The van der Waals surface area contributed by atoms with Crippen molar-refractivity contribution in [3.63, 3.8) is 0 Å². The molecule has 0 aromatic carbocycles. The van der Waals surface area contributed by atoms with Gasteiger partial charge in [0.1, 0.15) is 5.69 Å². The van der Waals surface area contributed by atoms with Crippen LogP contribution in [0, 0.1) is 0 Å². The van der Waals surface area contributed by atoms with Crippen LogP contribution in [-0.4, -0.2) is 41.0 Å². The van der Waals surface area contributed by atoms with E-state index < -0.39 is 0 Å². The Labute approximate surface area is 131 Å². The van der Waals surface area contributed by atoms with Crippen LogP contribution in [0.4, 0.5) is 0 Å². The largest absolute Gasteiger partial charge is 0.347 e. The van der Waals surface area contributed by atoms with E-state index in [2.05, 4.69) is 15.2 Å². The first-order chi connectivity index (χ1) is 10.7. The normalized spacial score (nSPS) is 24.1. The van der Waals surface area contributed by atoms with E-state index in [9.17, 15) is 9.59 Å². The highest BCUT2D eigenvalue weighted by Crippen LogP contribution is 2.25. The lowest BCUT2D eigenvalue weighted by molar-refractivity contribution is 0.0831. The molecule has 3 rings (SSSR count). The number of nitrogens with zero attached hydrogens (tertiary/aromatic N) is 1. The Morgan fingerprint density at radius 2 is 1.95 bits per heavy atom. The lowest BCUT2D eigenvalue weighted by Gasteiger charge is -2.40. The number of amides is 1. The Kier molecular flexibility index (Phi) is 4.93. The third kappa shape index (κ3) is 3.77. The number of aromatic amines is 1. The zero-order chi connectivity index (χ0) is 15.4. The zero-order valence-electron chi connectivity index (χ0n) is 13.0.